The summed E-state index contributed by atoms with van der Waals surface area (Å²) in [7, 11) is -3.80. The van der Waals surface area contributed by atoms with E-state index in [1.54, 1.807) is 30.3 Å². The molecule has 1 N–H and O–H groups in total. The third-order valence-corrected chi connectivity index (χ3v) is 8.64. The highest BCUT2D eigenvalue weighted by atomic mass is 32.2. The van der Waals surface area contributed by atoms with E-state index in [0.29, 0.717) is 26.2 Å². The first kappa shape index (κ1) is 26.6. The van der Waals surface area contributed by atoms with Crippen LogP contribution >= 0.6 is 0 Å². The van der Waals surface area contributed by atoms with Crippen LogP contribution in [0, 0.1) is 5.92 Å². The third kappa shape index (κ3) is 7.29. The number of benzene rings is 2. The largest absolute Gasteiger partial charge is 0.444 e. The van der Waals surface area contributed by atoms with Gasteiger partial charge in [0.25, 0.3) is 0 Å². The molecule has 8 nitrogen and oxygen atoms in total. The van der Waals surface area contributed by atoms with E-state index in [-0.39, 0.29) is 36.6 Å². The van der Waals surface area contributed by atoms with Gasteiger partial charge in [0.2, 0.25) is 10.0 Å². The lowest BCUT2D eigenvalue weighted by molar-refractivity contribution is 0.0346. The van der Waals surface area contributed by atoms with Crippen molar-refractivity contribution in [2.75, 3.05) is 32.8 Å². The lowest BCUT2D eigenvalue weighted by atomic mass is 10.1. The van der Waals surface area contributed by atoms with Gasteiger partial charge in [0, 0.05) is 26.1 Å². The normalized spacial score (nSPS) is 19.4. The zero-order valence-corrected chi connectivity index (χ0v) is 21.4. The van der Waals surface area contributed by atoms with Gasteiger partial charge in [-0.25, -0.2) is 13.2 Å². The molecule has 2 aromatic rings. The lowest BCUT2D eigenvalue weighted by Crippen LogP contribution is -2.46. The van der Waals surface area contributed by atoms with E-state index < -0.39 is 22.2 Å². The predicted octanol–water partition coefficient (Wildman–Crippen LogP) is 3.66. The lowest BCUT2D eigenvalue weighted by Gasteiger charge is -2.30. The Kier molecular flexibility index (Phi) is 9.36. The van der Waals surface area contributed by atoms with Crippen LogP contribution in [-0.2, 0) is 26.0 Å². The van der Waals surface area contributed by atoms with Crippen LogP contribution < -0.4 is 0 Å². The molecule has 2 atom stereocenters. The number of hydrogen-bond acceptors (Lipinski definition) is 6. The van der Waals surface area contributed by atoms with E-state index in [1.807, 2.05) is 30.3 Å². The van der Waals surface area contributed by atoms with Gasteiger partial charge in [0.05, 0.1) is 30.8 Å². The Balaban J connectivity index is 1.49. The maximum Gasteiger partial charge on any atom is 0.410 e. The molecule has 0 bridgehead atoms. The minimum atomic E-state index is -3.80. The van der Waals surface area contributed by atoms with Gasteiger partial charge in [-0.2, -0.15) is 4.31 Å². The number of aliphatic hydroxyl groups is 1. The van der Waals surface area contributed by atoms with Crippen molar-refractivity contribution < 1.29 is 27.8 Å². The summed E-state index contributed by atoms with van der Waals surface area (Å²) in [6, 6.07) is 17.8. The van der Waals surface area contributed by atoms with E-state index in [4.69, 9.17) is 9.47 Å². The molecular weight excluding hydrogens is 480 g/mol. The number of rotatable bonds is 11. The molecule has 0 aromatic heterocycles. The van der Waals surface area contributed by atoms with E-state index in [9.17, 15) is 18.3 Å². The number of carbonyl (C=O) groups is 1. The monoisotopic (exact) mass is 516 g/mol. The number of amides is 1. The summed E-state index contributed by atoms with van der Waals surface area (Å²) in [6.07, 6.45) is 2.84. The molecule has 1 saturated heterocycles. The first-order valence-corrected chi connectivity index (χ1v) is 14.2. The van der Waals surface area contributed by atoms with Gasteiger partial charge in [-0.15, -0.1) is 0 Å². The fourth-order valence-corrected chi connectivity index (χ4v) is 6.45. The van der Waals surface area contributed by atoms with Crippen LogP contribution in [0.5, 0.6) is 0 Å². The smallest absolute Gasteiger partial charge is 0.410 e. The molecule has 4 rings (SSSR count). The van der Waals surface area contributed by atoms with E-state index in [0.717, 1.165) is 31.2 Å². The fraction of sp³-hybridized carbons (Fsp3) is 0.519. The number of nitrogens with zero attached hydrogens (tertiary/aromatic N) is 2. The average Bonchev–Trinajstić information content (AvgIpc) is 3.59. The highest BCUT2D eigenvalue weighted by Crippen LogP contribution is 2.28. The topological polar surface area (TPSA) is 96.4 Å². The highest BCUT2D eigenvalue weighted by molar-refractivity contribution is 7.89. The van der Waals surface area contributed by atoms with Crippen LogP contribution in [0.4, 0.5) is 4.79 Å². The summed E-state index contributed by atoms with van der Waals surface area (Å²) < 4.78 is 39.3. The minimum Gasteiger partial charge on any atom is -0.444 e. The van der Waals surface area contributed by atoms with E-state index in [1.165, 1.54) is 9.21 Å². The summed E-state index contributed by atoms with van der Waals surface area (Å²) in [6.45, 7) is 1.37. The second-order valence-electron chi connectivity index (χ2n) is 9.67. The molecule has 1 aliphatic heterocycles. The van der Waals surface area contributed by atoms with Crippen LogP contribution in [0.15, 0.2) is 65.6 Å². The Hall–Kier alpha value is -2.46. The Morgan fingerprint density at radius 2 is 1.67 bits per heavy atom. The Labute approximate surface area is 213 Å². The molecule has 9 heteroatoms. The SMILES string of the molecule is O=C(O[C@H]1CCOC1)N(Cc1ccccc1)CC(O)CN(CC1CCCC1)S(=O)(=O)c1ccccc1. The minimum absolute atomic E-state index is 0.0488. The van der Waals surface area contributed by atoms with Crippen LogP contribution in [0.25, 0.3) is 0 Å². The summed E-state index contributed by atoms with van der Waals surface area (Å²) in [5.74, 6) is 0.267. The molecular formula is C27H36N2O6S. The quantitative estimate of drug-likeness (QED) is 0.490. The summed E-state index contributed by atoms with van der Waals surface area (Å²) in [4.78, 5) is 14.7. The fourth-order valence-electron chi connectivity index (χ4n) is 4.87. The van der Waals surface area contributed by atoms with Crippen molar-refractivity contribution >= 4 is 16.1 Å². The number of carbonyl (C=O) groups excluding carboxylic acids is 1. The molecule has 2 fully saturated rings. The van der Waals surface area contributed by atoms with Crippen molar-refractivity contribution in [1.29, 1.82) is 0 Å². The number of ether oxygens (including phenoxy) is 2. The number of hydrogen-bond donors (Lipinski definition) is 1. The summed E-state index contributed by atoms with van der Waals surface area (Å²) >= 11 is 0. The van der Waals surface area contributed by atoms with Crippen LogP contribution in [0.2, 0.25) is 0 Å². The van der Waals surface area contributed by atoms with Gasteiger partial charge in [0.1, 0.15) is 6.10 Å². The summed E-state index contributed by atoms with van der Waals surface area (Å²) in [5.41, 5.74) is 0.893. The molecule has 1 unspecified atom stereocenters. The molecule has 2 aromatic carbocycles. The van der Waals surface area contributed by atoms with Gasteiger partial charge in [0.15, 0.2) is 0 Å². The molecule has 2 aliphatic rings. The van der Waals surface area contributed by atoms with E-state index in [2.05, 4.69) is 0 Å². The van der Waals surface area contributed by atoms with Crippen molar-refractivity contribution in [3.63, 3.8) is 0 Å². The second-order valence-corrected chi connectivity index (χ2v) is 11.6. The molecule has 0 radical (unpaired) electrons. The summed E-state index contributed by atoms with van der Waals surface area (Å²) in [5, 5.41) is 11.1. The second kappa shape index (κ2) is 12.7. The van der Waals surface area contributed by atoms with Gasteiger partial charge in [-0.3, -0.25) is 0 Å². The van der Waals surface area contributed by atoms with Crippen molar-refractivity contribution in [3.8, 4) is 0 Å². The standard InChI is InChI=1S/C27H36N2O6S/c30-24(19-28(17-22-9-3-1-4-10-22)27(31)35-25-15-16-34-21-25)20-29(18-23-11-7-8-12-23)36(32,33)26-13-5-2-6-14-26/h1-6,9-10,13-14,23-25,30H,7-8,11-12,15-21H2/t24?,25-/m0/s1. The Morgan fingerprint density at radius 3 is 2.31 bits per heavy atom. The van der Waals surface area contributed by atoms with Crippen LogP contribution in [0.1, 0.15) is 37.7 Å². The zero-order chi connectivity index (χ0) is 25.4. The molecule has 1 amide bonds. The predicted molar refractivity (Wildman–Crippen MR) is 136 cm³/mol. The number of sulfonamides is 1. The first-order chi connectivity index (χ1) is 17.4. The van der Waals surface area contributed by atoms with Gasteiger partial charge in [-0.05, 0) is 36.5 Å². The first-order valence-electron chi connectivity index (χ1n) is 12.7. The molecule has 196 valence electrons. The zero-order valence-electron chi connectivity index (χ0n) is 20.6. The van der Waals surface area contributed by atoms with Crippen LogP contribution in [-0.4, -0.2) is 73.9 Å². The van der Waals surface area contributed by atoms with E-state index >= 15 is 0 Å². The third-order valence-electron chi connectivity index (χ3n) is 6.79. The molecule has 1 heterocycles. The van der Waals surface area contributed by atoms with Crippen molar-refractivity contribution in [2.45, 2.75) is 55.8 Å². The Bertz CT molecular complexity index is 1050. The maximum absolute atomic E-state index is 13.5. The maximum atomic E-state index is 13.5. The Morgan fingerprint density at radius 1 is 1.00 bits per heavy atom. The molecule has 1 aliphatic carbocycles. The molecule has 36 heavy (non-hydrogen) atoms. The average molecular weight is 517 g/mol. The van der Waals surface area contributed by atoms with Crippen molar-refractivity contribution in [1.82, 2.24) is 9.21 Å². The molecule has 0 spiro atoms. The van der Waals surface area contributed by atoms with Crippen molar-refractivity contribution in [3.05, 3.63) is 66.2 Å². The molecule has 1 saturated carbocycles. The van der Waals surface area contributed by atoms with Gasteiger partial charge in [-0.1, -0.05) is 61.4 Å². The van der Waals surface area contributed by atoms with Crippen LogP contribution in [0.3, 0.4) is 0 Å². The highest BCUT2D eigenvalue weighted by Gasteiger charge is 2.32. The van der Waals surface area contributed by atoms with Gasteiger partial charge < -0.3 is 19.5 Å². The van der Waals surface area contributed by atoms with Gasteiger partial charge >= 0.3 is 6.09 Å². The number of aliphatic hydroxyl groups excluding tert-OH is 1. The van der Waals surface area contributed by atoms with Crippen molar-refractivity contribution in [2.24, 2.45) is 5.92 Å².